The Balaban J connectivity index is 1.54. The number of hydrogen-bond donors (Lipinski definition) is 0. The number of imidazole rings is 1. The minimum atomic E-state index is -0.275. The van der Waals surface area contributed by atoms with Crippen molar-refractivity contribution in [2.24, 2.45) is 5.92 Å². The molecule has 116 valence electrons. The Kier molecular flexibility index (Phi) is 4.22. The number of aryl methyl sites for hydroxylation is 1. The average Bonchev–Trinajstić information content (AvgIpc) is 2.97. The van der Waals surface area contributed by atoms with Crippen LogP contribution < -0.4 is 0 Å². The molecule has 0 spiro atoms. The maximum atomic E-state index is 12.9. The van der Waals surface area contributed by atoms with Crippen molar-refractivity contribution in [3.63, 3.8) is 0 Å². The molecule has 0 N–H and O–H groups in total. The number of nitrogens with zero attached hydrogens (tertiary/aromatic N) is 3. The highest BCUT2D eigenvalue weighted by molar-refractivity contribution is 5.78. The van der Waals surface area contributed by atoms with Gasteiger partial charge in [-0.05, 0) is 30.0 Å². The van der Waals surface area contributed by atoms with Crippen LogP contribution in [0.3, 0.4) is 0 Å². The quantitative estimate of drug-likeness (QED) is 0.869. The van der Waals surface area contributed by atoms with Crippen LogP contribution in [0.4, 0.5) is 4.39 Å². The third-order valence-corrected chi connectivity index (χ3v) is 4.26. The first kappa shape index (κ1) is 14.8. The van der Waals surface area contributed by atoms with Crippen molar-refractivity contribution in [2.75, 3.05) is 13.6 Å². The van der Waals surface area contributed by atoms with Crippen LogP contribution in [0.1, 0.15) is 17.8 Å². The number of likely N-dealkylation sites (N-methyl/N-ethyl adjacent to an activating group) is 1. The van der Waals surface area contributed by atoms with Crippen LogP contribution in [-0.4, -0.2) is 34.0 Å². The molecule has 3 rings (SSSR count). The molecule has 1 aliphatic rings. The Labute approximate surface area is 129 Å². The third-order valence-electron chi connectivity index (χ3n) is 4.26. The lowest BCUT2D eigenvalue weighted by Crippen LogP contribution is -2.36. The number of carbonyl (C=O) groups is 1. The van der Waals surface area contributed by atoms with Gasteiger partial charge < -0.3 is 9.47 Å². The van der Waals surface area contributed by atoms with Gasteiger partial charge in [0.05, 0.1) is 6.42 Å². The molecular weight excluding hydrogens is 281 g/mol. The van der Waals surface area contributed by atoms with Gasteiger partial charge in [-0.3, -0.25) is 4.79 Å². The molecule has 22 heavy (non-hydrogen) atoms. The van der Waals surface area contributed by atoms with E-state index in [0.29, 0.717) is 12.3 Å². The summed E-state index contributed by atoms with van der Waals surface area (Å²) >= 11 is 0. The van der Waals surface area contributed by atoms with Crippen LogP contribution in [-0.2, 0) is 24.2 Å². The van der Waals surface area contributed by atoms with Gasteiger partial charge in [0.2, 0.25) is 5.91 Å². The van der Waals surface area contributed by atoms with Gasteiger partial charge in [-0.25, -0.2) is 9.37 Å². The number of aromatic nitrogens is 2. The zero-order chi connectivity index (χ0) is 15.5. The van der Waals surface area contributed by atoms with Crippen molar-refractivity contribution in [3.8, 4) is 0 Å². The van der Waals surface area contributed by atoms with E-state index >= 15 is 0 Å². The van der Waals surface area contributed by atoms with Gasteiger partial charge in [0, 0.05) is 39.0 Å². The third kappa shape index (κ3) is 3.35. The van der Waals surface area contributed by atoms with E-state index in [1.807, 2.05) is 19.4 Å². The van der Waals surface area contributed by atoms with Gasteiger partial charge in [0.25, 0.3) is 0 Å². The van der Waals surface area contributed by atoms with Crippen molar-refractivity contribution >= 4 is 5.91 Å². The topological polar surface area (TPSA) is 38.1 Å². The van der Waals surface area contributed by atoms with E-state index < -0.39 is 0 Å². The molecular formula is C17H20FN3O. The Bertz CT molecular complexity index is 650. The molecule has 1 atom stereocenters. The lowest BCUT2D eigenvalue weighted by Gasteiger charge is -2.28. The zero-order valence-electron chi connectivity index (χ0n) is 12.7. The summed E-state index contributed by atoms with van der Waals surface area (Å²) in [5.41, 5.74) is 0.846. The first-order valence-corrected chi connectivity index (χ1v) is 7.60. The predicted molar refractivity (Wildman–Crippen MR) is 81.8 cm³/mol. The first-order valence-electron chi connectivity index (χ1n) is 7.60. The monoisotopic (exact) mass is 301 g/mol. The molecule has 0 fully saturated rings. The Morgan fingerprint density at radius 1 is 1.41 bits per heavy atom. The maximum absolute atomic E-state index is 12.9. The molecule has 0 radical (unpaired) electrons. The number of benzene rings is 1. The van der Waals surface area contributed by atoms with Crippen molar-refractivity contribution in [2.45, 2.75) is 25.8 Å². The van der Waals surface area contributed by atoms with E-state index in [4.69, 9.17) is 0 Å². The van der Waals surface area contributed by atoms with Crippen LogP contribution in [0.25, 0.3) is 0 Å². The number of fused-ring (bicyclic) bond motifs is 1. The summed E-state index contributed by atoms with van der Waals surface area (Å²) in [4.78, 5) is 18.4. The van der Waals surface area contributed by atoms with Gasteiger partial charge in [0.15, 0.2) is 0 Å². The predicted octanol–water partition coefficient (Wildman–Crippen LogP) is 2.29. The lowest BCUT2D eigenvalue weighted by atomic mass is 9.98. The zero-order valence-corrected chi connectivity index (χ0v) is 12.7. The van der Waals surface area contributed by atoms with Gasteiger partial charge in [-0.15, -0.1) is 0 Å². The van der Waals surface area contributed by atoms with Crippen LogP contribution in [0.15, 0.2) is 36.7 Å². The fraction of sp³-hybridized carbons (Fsp3) is 0.412. The normalized spacial score (nSPS) is 17.1. The largest absolute Gasteiger partial charge is 0.345 e. The summed E-state index contributed by atoms with van der Waals surface area (Å²) in [6.07, 6.45) is 6.19. The van der Waals surface area contributed by atoms with Gasteiger partial charge in [-0.1, -0.05) is 12.1 Å². The molecule has 2 heterocycles. The van der Waals surface area contributed by atoms with Crippen molar-refractivity contribution in [3.05, 3.63) is 53.9 Å². The van der Waals surface area contributed by atoms with Gasteiger partial charge in [-0.2, -0.15) is 0 Å². The lowest BCUT2D eigenvalue weighted by molar-refractivity contribution is -0.129. The first-order chi connectivity index (χ1) is 10.6. The number of amides is 1. The Hall–Kier alpha value is -2.17. The molecule has 1 amide bonds. The summed E-state index contributed by atoms with van der Waals surface area (Å²) in [7, 11) is 1.84. The fourth-order valence-corrected chi connectivity index (χ4v) is 2.99. The second kappa shape index (κ2) is 6.30. The Morgan fingerprint density at radius 3 is 2.95 bits per heavy atom. The summed E-state index contributed by atoms with van der Waals surface area (Å²) < 4.78 is 15.1. The summed E-state index contributed by atoms with van der Waals surface area (Å²) in [5.74, 6) is 1.39. The average molecular weight is 301 g/mol. The molecule has 0 saturated heterocycles. The van der Waals surface area contributed by atoms with Crippen LogP contribution >= 0.6 is 0 Å². The molecule has 0 unspecified atom stereocenters. The minimum absolute atomic E-state index is 0.0723. The highest BCUT2D eigenvalue weighted by Crippen LogP contribution is 2.19. The SMILES string of the molecule is CN(C[C@H]1CCc2nccn2C1)C(=O)Cc1ccc(F)cc1. The summed E-state index contributed by atoms with van der Waals surface area (Å²) in [6, 6.07) is 6.12. The smallest absolute Gasteiger partial charge is 0.226 e. The molecule has 0 aliphatic carbocycles. The van der Waals surface area contributed by atoms with Crippen LogP contribution in [0.5, 0.6) is 0 Å². The van der Waals surface area contributed by atoms with E-state index in [1.54, 1.807) is 17.0 Å². The molecule has 4 nitrogen and oxygen atoms in total. The summed E-state index contributed by atoms with van der Waals surface area (Å²) in [6.45, 7) is 1.67. The molecule has 5 heteroatoms. The molecule has 0 saturated carbocycles. The Morgan fingerprint density at radius 2 is 2.18 bits per heavy atom. The highest BCUT2D eigenvalue weighted by Gasteiger charge is 2.21. The molecule has 0 bridgehead atoms. The second-order valence-corrected chi connectivity index (χ2v) is 5.98. The minimum Gasteiger partial charge on any atom is -0.345 e. The van der Waals surface area contributed by atoms with Crippen LogP contribution in [0, 0.1) is 11.7 Å². The number of hydrogen-bond acceptors (Lipinski definition) is 2. The standard InChI is InChI=1S/C17H20FN3O/c1-20(17(22)10-13-2-5-15(18)6-3-13)11-14-4-7-16-19-8-9-21(16)12-14/h2-3,5-6,8-9,14H,4,7,10-12H2,1H3/t14-/m1/s1. The van der Waals surface area contributed by atoms with E-state index in [1.165, 1.54) is 12.1 Å². The molecule has 1 aromatic carbocycles. The molecule has 1 aromatic heterocycles. The van der Waals surface area contributed by atoms with E-state index in [-0.39, 0.29) is 11.7 Å². The van der Waals surface area contributed by atoms with Crippen LogP contribution in [0.2, 0.25) is 0 Å². The highest BCUT2D eigenvalue weighted by atomic mass is 19.1. The maximum Gasteiger partial charge on any atom is 0.226 e. The van der Waals surface area contributed by atoms with Gasteiger partial charge in [0.1, 0.15) is 11.6 Å². The van der Waals surface area contributed by atoms with Crippen molar-refractivity contribution in [1.29, 1.82) is 0 Å². The van der Waals surface area contributed by atoms with E-state index in [2.05, 4.69) is 9.55 Å². The van der Waals surface area contributed by atoms with Gasteiger partial charge >= 0.3 is 0 Å². The number of rotatable bonds is 4. The van der Waals surface area contributed by atoms with E-state index in [9.17, 15) is 9.18 Å². The second-order valence-electron chi connectivity index (χ2n) is 5.98. The summed E-state index contributed by atoms with van der Waals surface area (Å²) in [5, 5.41) is 0. The fourth-order valence-electron chi connectivity index (χ4n) is 2.99. The molecule has 1 aliphatic heterocycles. The number of halogens is 1. The number of carbonyl (C=O) groups excluding carboxylic acids is 1. The van der Waals surface area contributed by atoms with Crippen molar-refractivity contribution < 1.29 is 9.18 Å². The van der Waals surface area contributed by atoms with Crippen molar-refractivity contribution in [1.82, 2.24) is 14.5 Å². The van der Waals surface area contributed by atoms with E-state index in [0.717, 1.165) is 37.3 Å². The molecule has 2 aromatic rings.